The summed E-state index contributed by atoms with van der Waals surface area (Å²) in [5, 5.41) is 11.3. The number of carbonyl (C=O) groups is 1. The molecule has 0 bridgehead atoms. The molecule has 1 unspecified atom stereocenters. The topological polar surface area (TPSA) is 61.8 Å². The molecule has 1 amide bonds. The Labute approximate surface area is 119 Å². The monoisotopic (exact) mass is 278 g/mol. The van der Waals surface area contributed by atoms with Crippen molar-refractivity contribution in [2.45, 2.75) is 19.1 Å². The Bertz CT molecular complexity index is 411. The van der Waals surface area contributed by atoms with Gasteiger partial charge in [-0.3, -0.25) is 9.69 Å². The smallest absolute Gasteiger partial charge is 0.222 e. The number of carbonyl (C=O) groups excluding carboxylic acids is 1. The molecule has 1 fully saturated rings. The molecule has 1 saturated heterocycles. The molecule has 1 aliphatic rings. The van der Waals surface area contributed by atoms with Crippen LogP contribution in [0.5, 0.6) is 0 Å². The summed E-state index contributed by atoms with van der Waals surface area (Å²) in [7, 11) is 0. The Morgan fingerprint density at radius 2 is 2.20 bits per heavy atom. The van der Waals surface area contributed by atoms with Gasteiger partial charge in [0.1, 0.15) is 0 Å². The van der Waals surface area contributed by atoms with Crippen molar-refractivity contribution in [3.8, 4) is 0 Å². The van der Waals surface area contributed by atoms with Gasteiger partial charge in [0.15, 0.2) is 0 Å². The zero-order chi connectivity index (χ0) is 14.2. The van der Waals surface area contributed by atoms with E-state index in [2.05, 4.69) is 22.3 Å². The van der Waals surface area contributed by atoms with E-state index in [1.807, 2.05) is 18.2 Å². The largest absolute Gasteiger partial charge is 0.395 e. The molecule has 1 aromatic carbocycles. The van der Waals surface area contributed by atoms with Crippen molar-refractivity contribution < 1.29 is 14.6 Å². The van der Waals surface area contributed by atoms with Crippen LogP contribution in [-0.4, -0.2) is 54.9 Å². The standard InChI is InChI=1S/C15H22N2O3/c18-8-6-16-15(19)10-14-12-17(7-9-20-14)11-13-4-2-1-3-5-13/h1-5,14,18H,6-12H2,(H,16,19). The highest BCUT2D eigenvalue weighted by Crippen LogP contribution is 2.12. The van der Waals surface area contributed by atoms with E-state index in [1.165, 1.54) is 5.56 Å². The molecule has 2 N–H and O–H groups in total. The van der Waals surface area contributed by atoms with Crippen molar-refractivity contribution in [1.29, 1.82) is 0 Å². The highest BCUT2D eigenvalue weighted by molar-refractivity contribution is 5.76. The summed E-state index contributed by atoms with van der Waals surface area (Å²) < 4.78 is 5.63. The highest BCUT2D eigenvalue weighted by atomic mass is 16.5. The van der Waals surface area contributed by atoms with Crippen molar-refractivity contribution in [3.05, 3.63) is 35.9 Å². The summed E-state index contributed by atoms with van der Waals surface area (Å²) in [6, 6.07) is 10.3. The zero-order valence-corrected chi connectivity index (χ0v) is 11.6. The second-order valence-electron chi connectivity index (χ2n) is 4.99. The first-order valence-electron chi connectivity index (χ1n) is 7.03. The number of rotatable bonds is 6. The summed E-state index contributed by atoms with van der Waals surface area (Å²) in [6.07, 6.45) is 0.289. The number of ether oxygens (including phenoxy) is 1. The predicted octanol–water partition coefficient (Wildman–Crippen LogP) is 0.386. The van der Waals surface area contributed by atoms with E-state index in [0.717, 1.165) is 19.6 Å². The molecule has 1 heterocycles. The summed E-state index contributed by atoms with van der Waals surface area (Å²) >= 11 is 0. The molecule has 0 aromatic heterocycles. The average Bonchev–Trinajstić information content (AvgIpc) is 2.46. The second-order valence-corrected chi connectivity index (χ2v) is 4.99. The number of morpholine rings is 1. The lowest BCUT2D eigenvalue weighted by molar-refractivity contribution is -0.126. The molecule has 0 spiro atoms. The third-order valence-corrected chi connectivity index (χ3v) is 3.32. The van der Waals surface area contributed by atoms with Gasteiger partial charge in [-0.15, -0.1) is 0 Å². The van der Waals surface area contributed by atoms with Crippen molar-refractivity contribution in [2.75, 3.05) is 32.8 Å². The minimum atomic E-state index is -0.0642. The van der Waals surface area contributed by atoms with Crippen LogP contribution in [0.25, 0.3) is 0 Å². The van der Waals surface area contributed by atoms with Gasteiger partial charge in [0, 0.05) is 26.2 Å². The summed E-state index contributed by atoms with van der Waals surface area (Å²) in [5.41, 5.74) is 1.28. The summed E-state index contributed by atoms with van der Waals surface area (Å²) in [5.74, 6) is -0.0642. The van der Waals surface area contributed by atoms with Crippen molar-refractivity contribution in [3.63, 3.8) is 0 Å². The van der Waals surface area contributed by atoms with E-state index in [0.29, 0.717) is 19.6 Å². The molecular formula is C15H22N2O3. The minimum absolute atomic E-state index is 0.0304. The average molecular weight is 278 g/mol. The van der Waals surface area contributed by atoms with Crippen LogP contribution in [0.3, 0.4) is 0 Å². The Kier molecular flexibility index (Phi) is 5.98. The molecule has 0 saturated carbocycles. The Morgan fingerprint density at radius 3 is 2.95 bits per heavy atom. The fraction of sp³-hybridized carbons (Fsp3) is 0.533. The lowest BCUT2D eigenvalue weighted by Crippen LogP contribution is -2.44. The third kappa shape index (κ3) is 4.92. The number of aliphatic hydroxyl groups excluding tert-OH is 1. The van der Waals surface area contributed by atoms with Crippen LogP contribution in [0.15, 0.2) is 30.3 Å². The molecule has 0 radical (unpaired) electrons. The first kappa shape index (κ1) is 15.0. The van der Waals surface area contributed by atoms with Crippen LogP contribution < -0.4 is 5.32 Å². The van der Waals surface area contributed by atoms with Gasteiger partial charge in [-0.2, -0.15) is 0 Å². The van der Waals surface area contributed by atoms with Crippen molar-refractivity contribution >= 4 is 5.91 Å². The minimum Gasteiger partial charge on any atom is -0.395 e. The maximum Gasteiger partial charge on any atom is 0.222 e. The molecule has 110 valence electrons. The van der Waals surface area contributed by atoms with Gasteiger partial charge in [0.25, 0.3) is 0 Å². The van der Waals surface area contributed by atoms with Gasteiger partial charge in [-0.25, -0.2) is 0 Å². The molecule has 2 rings (SSSR count). The molecule has 1 atom stereocenters. The van der Waals surface area contributed by atoms with E-state index in [9.17, 15) is 4.79 Å². The number of benzene rings is 1. The zero-order valence-electron chi connectivity index (χ0n) is 11.6. The summed E-state index contributed by atoms with van der Waals surface area (Å²) in [4.78, 5) is 13.9. The second kappa shape index (κ2) is 7.99. The predicted molar refractivity (Wildman–Crippen MR) is 76.2 cm³/mol. The number of hydrogen-bond acceptors (Lipinski definition) is 4. The van der Waals surface area contributed by atoms with Crippen LogP contribution >= 0.6 is 0 Å². The number of hydrogen-bond donors (Lipinski definition) is 2. The fourth-order valence-corrected chi connectivity index (χ4v) is 2.36. The van der Waals surface area contributed by atoms with Gasteiger partial charge in [0.2, 0.25) is 5.91 Å². The lowest BCUT2D eigenvalue weighted by atomic mass is 10.1. The Hall–Kier alpha value is -1.43. The quantitative estimate of drug-likeness (QED) is 0.790. The Balaban J connectivity index is 1.78. The van der Waals surface area contributed by atoms with Crippen LogP contribution in [0, 0.1) is 0 Å². The van der Waals surface area contributed by atoms with Gasteiger partial charge in [-0.1, -0.05) is 30.3 Å². The first-order valence-corrected chi connectivity index (χ1v) is 7.03. The van der Waals surface area contributed by atoms with E-state index >= 15 is 0 Å². The number of nitrogens with zero attached hydrogens (tertiary/aromatic N) is 1. The highest BCUT2D eigenvalue weighted by Gasteiger charge is 2.22. The van der Waals surface area contributed by atoms with Gasteiger partial charge >= 0.3 is 0 Å². The van der Waals surface area contributed by atoms with Crippen LogP contribution in [0.1, 0.15) is 12.0 Å². The van der Waals surface area contributed by atoms with E-state index in [1.54, 1.807) is 0 Å². The maximum absolute atomic E-state index is 11.6. The van der Waals surface area contributed by atoms with Crippen molar-refractivity contribution in [1.82, 2.24) is 10.2 Å². The van der Waals surface area contributed by atoms with Crippen molar-refractivity contribution in [2.24, 2.45) is 0 Å². The Morgan fingerprint density at radius 1 is 1.40 bits per heavy atom. The molecule has 20 heavy (non-hydrogen) atoms. The molecule has 1 aromatic rings. The number of aliphatic hydroxyl groups is 1. The van der Waals surface area contributed by atoms with Gasteiger partial charge in [0.05, 0.1) is 25.7 Å². The maximum atomic E-state index is 11.6. The molecule has 1 aliphatic heterocycles. The van der Waals surface area contributed by atoms with Crippen LogP contribution in [-0.2, 0) is 16.1 Å². The number of amides is 1. The van der Waals surface area contributed by atoms with Crippen LogP contribution in [0.2, 0.25) is 0 Å². The van der Waals surface area contributed by atoms with E-state index in [-0.39, 0.29) is 18.6 Å². The first-order chi connectivity index (χ1) is 9.78. The fourth-order valence-electron chi connectivity index (χ4n) is 2.36. The lowest BCUT2D eigenvalue weighted by Gasteiger charge is -2.32. The van der Waals surface area contributed by atoms with E-state index < -0.39 is 0 Å². The summed E-state index contributed by atoms with van der Waals surface area (Å²) in [6.45, 7) is 3.48. The SMILES string of the molecule is O=C(CC1CN(Cc2ccccc2)CCO1)NCCO. The van der Waals surface area contributed by atoms with Crippen LogP contribution in [0.4, 0.5) is 0 Å². The molecule has 5 heteroatoms. The molecule has 0 aliphatic carbocycles. The molecule has 5 nitrogen and oxygen atoms in total. The molecular weight excluding hydrogens is 256 g/mol. The van der Waals surface area contributed by atoms with Gasteiger partial charge < -0.3 is 15.2 Å². The van der Waals surface area contributed by atoms with Gasteiger partial charge in [-0.05, 0) is 5.56 Å². The number of nitrogens with one attached hydrogen (secondary N) is 1. The normalized spacial score (nSPS) is 19.8. The third-order valence-electron chi connectivity index (χ3n) is 3.32. The van der Waals surface area contributed by atoms with E-state index in [4.69, 9.17) is 9.84 Å².